The number of ether oxygens (including phenoxy) is 1. The predicted octanol–water partition coefficient (Wildman–Crippen LogP) is 21.3. The second-order valence-electron chi connectivity index (χ2n) is 25.4. The lowest BCUT2D eigenvalue weighted by atomic mass is 10.0. The van der Waals surface area contributed by atoms with Gasteiger partial charge < -0.3 is 28.5 Å². The van der Waals surface area contributed by atoms with E-state index in [1.54, 1.807) is 0 Å². The van der Waals surface area contributed by atoms with Gasteiger partial charge in [-0.25, -0.2) is 0 Å². The van der Waals surface area contributed by atoms with Gasteiger partial charge in [0.15, 0.2) is 0 Å². The number of amides is 1. The molecule has 10 heteroatoms. The largest absolute Gasteiger partial charge is 0.756 e. The van der Waals surface area contributed by atoms with E-state index in [1.807, 2.05) is 33.3 Å². The first kappa shape index (κ1) is 77.8. The highest BCUT2D eigenvalue weighted by Crippen LogP contribution is 2.38. The Morgan fingerprint density at radius 2 is 0.722 bits per heavy atom. The number of phosphoric acid groups is 1. The molecule has 0 aliphatic carbocycles. The summed E-state index contributed by atoms with van der Waals surface area (Å²) in [4.78, 5) is 40.1. The summed E-state index contributed by atoms with van der Waals surface area (Å²) in [7, 11) is 1.21. The van der Waals surface area contributed by atoms with E-state index in [1.165, 1.54) is 276 Å². The molecule has 0 aliphatic heterocycles. The van der Waals surface area contributed by atoms with Crippen molar-refractivity contribution in [3.63, 3.8) is 0 Å². The third-order valence-electron chi connectivity index (χ3n) is 16.2. The summed E-state index contributed by atoms with van der Waals surface area (Å²) in [5, 5.41) is 3.04. The number of quaternary nitrogens is 1. The molecule has 0 aliphatic rings. The molecule has 3 atom stereocenters. The van der Waals surface area contributed by atoms with Crippen molar-refractivity contribution in [2.45, 2.75) is 380 Å². The number of nitrogens with one attached hydrogen (secondary N) is 1. The van der Waals surface area contributed by atoms with Crippen LogP contribution in [0.1, 0.15) is 367 Å². The lowest BCUT2D eigenvalue weighted by Gasteiger charge is -2.30. The summed E-state index contributed by atoms with van der Waals surface area (Å²) in [6.45, 7) is 6.91. The number of nitrogens with zero attached hydrogens (tertiary/aromatic N) is 1. The number of carbonyl (C=O) groups excluding carboxylic acids is 2. The zero-order valence-corrected chi connectivity index (χ0v) is 54.8. The summed E-state index contributed by atoms with van der Waals surface area (Å²) in [6.07, 6.45) is 70.6. The zero-order chi connectivity index (χ0) is 57.9. The van der Waals surface area contributed by atoms with Gasteiger partial charge in [-0.15, -0.1) is 0 Å². The Labute approximate surface area is 492 Å². The fraction of sp³-hybridized carbons (Fsp3) is 0.942. The third kappa shape index (κ3) is 61.1. The molecular weight excluding hydrogens is 1000 g/mol. The van der Waals surface area contributed by atoms with Gasteiger partial charge in [0, 0.05) is 12.8 Å². The fourth-order valence-corrected chi connectivity index (χ4v) is 11.5. The van der Waals surface area contributed by atoms with Crippen LogP contribution in [-0.2, 0) is 27.9 Å². The van der Waals surface area contributed by atoms with E-state index in [2.05, 4.69) is 26.1 Å². The minimum absolute atomic E-state index is 0.0167. The first-order chi connectivity index (χ1) is 38.4. The van der Waals surface area contributed by atoms with Crippen LogP contribution in [0.2, 0.25) is 0 Å². The Kier molecular flexibility index (Phi) is 58.9. The second kappa shape index (κ2) is 59.9. The molecule has 0 heterocycles. The number of hydrogen-bond donors (Lipinski definition) is 1. The van der Waals surface area contributed by atoms with Crippen molar-refractivity contribution in [2.75, 3.05) is 40.9 Å². The molecule has 0 aromatic heterocycles. The zero-order valence-electron chi connectivity index (χ0n) is 53.9. The van der Waals surface area contributed by atoms with E-state index in [9.17, 15) is 19.0 Å². The highest BCUT2D eigenvalue weighted by molar-refractivity contribution is 7.45. The van der Waals surface area contributed by atoms with E-state index < -0.39 is 20.0 Å². The number of unbranched alkanes of at least 4 members (excludes halogenated alkanes) is 49. The van der Waals surface area contributed by atoms with Crippen LogP contribution in [0.4, 0.5) is 0 Å². The molecule has 0 bridgehead atoms. The van der Waals surface area contributed by atoms with E-state index in [0.717, 1.165) is 57.8 Å². The molecule has 0 aromatic rings. The van der Waals surface area contributed by atoms with Crippen molar-refractivity contribution >= 4 is 19.7 Å². The number of allylic oxidation sites excluding steroid dienone is 1. The summed E-state index contributed by atoms with van der Waals surface area (Å²) in [5.74, 6) is -0.516. The van der Waals surface area contributed by atoms with Crippen LogP contribution in [-0.4, -0.2) is 69.4 Å². The number of hydrogen-bond acceptors (Lipinski definition) is 7. The van der Waals surface area contributed by atoms with Gasteiger partial charge in [0.1, 0.15) is 19.3 Å². The minimum Gasteiger partial charge on any atom is -0.756 e. The minimum atomic E-state index is -4.69. The molecule has 0 radical (unpaired) electrons. The topological polar surface area (TPSA) is 114 Å². The second-order valence-corrected chi connectivity index (χ2v) is 26.8. The van der Waals surface area contributed by atoms with E-state index >= 15 is 0 Å². The van der Waals surface area contributed by atoms with E-state index in [4.69, 9.17) is 13.8 Å². The Morgan fingerprint density at radius 1 is 0.430 bits per heavy atom. The van der Waals surface area contributed by atoms with Gasteiger partial charge in [0.25, 0.3) is 7.82 Å². The number of rotatable bonds is 65. The number of esters is 1. The fourth-order valence-electron chi connectivity index (χ4n) is 10.8. The summed E-state index contributed by atoms with van der Waals surface area (Å²) >= 11 is 0. The molecule has 3 unspecified atom stereocenters. The van der Waals surface area contributed by atoms with Crippen LogP contribution < -0.4 is 10.2 Å². The average molecular weight is 1140 g/mol. The van der Waals surface area contributed by atoms with Gasteiger partial charge in [0.2, 0.25) is 5.91 Å². The quantitative estimate of drug-likeness (QED) is 0.0212. The first-order valence-corrected chi connectivity index (χ1v) is 36.5. The summed E-state index contributed by atoms with van der Waals surface area (Å²) in [6, 6.07) is -0.879. The van der Waals surface area contributed by atoms with Crippen LogP contribution in [0.15, 0.2) is 12.2 Å². The molecule has 1 amide bonds. The van der Waals surface area contributed by atoms with Crippen molar-refractivity contribution in [2.24, 2.45) is 0 Å². The van der Waals surface area contributed by atoms with Crippen molar-refractivity contribution < 1.29 is 37.3 Å². The van der Waals surface area contributed by atoms with Gasteiger partial charge in [-0.2, -0.15) is 0 Å². The Balaban J connectivity index is 4.90. The molecule has 0 rings (SSSR count). The highest BCUT2D eigenvalue weighted by Gasteiger charge is 2.27. The number of phosphoric ester groups is 1. The molecule has 0 saturated heterocycles. The molecule has 79 heavy (non-hydrogen) atoms. The summed E-state index contributed by atoms with van der Waals surface area (Å²) < 4.78 is 30.4. The third-order valence-corrected chi connectivity index (χ3v) is 17.2. The Hall–Kier alpha value is -1.25. The van der Waals surface area contributed by atoms with Crippen molar-refractivity contribution in [3.05, 3.63) is 12.2 Å². The summed E-state index contributed by atoms with van der Waals surface area (Å²) in [5.41, 5.74) is 0. The van der Waals surface area contributed by atoms with Crippen molar-refractivity contribution in [1.29, 1.82) is 0 Å². The highest BCUT2D eigenvalue weighted by atomic mass is 31.2. The van der Waals surface area contributed by atoms with Crippen LogP contribution in [0.5, 0.6) is 0 Å². The molecule has 0 aromatic carbocycles. The molecule has 9 nitrogen and oxygen atoms in total. The molecule has 1 N–H and O–H groups in total. The van der Waals surface area contributed by atoms with Gasteiger partial charge in [0.05, 0.1) is 33.8 Å². The average Bonchev–Trinajstić information content (AvgIpc) is 3.41. The van der Waals surface area contributed by atoms with Crippen LogP contribution in [0.25, 0.3) is 0 Å². The van der Waals surface area contributed by atoms with Crippen molar-refractivity contribution in [1.82, 2.24) is 5.32 Å². The van der Waals surface area contributed by atoms with Crippen LogP contribution >= 0.6 is 7.82 Å². The van der Waals surface area contributed by atoms with Gasteiger partial charge >= 0.3 is 5.97 Å². The van der Waals surface area contributed by atoms with Crippen LogP contribution in [0, 0.1) is 0 Å². The van der Waals surface area contributed by atoms with E-state index in [-0.39, 0.29) is 31.5 Å². The van der Waals surface area contributed by atoms with E-state index in [0.29, 0.717) is 17.4 Å². The maximum atomic E-state index is 13.5. The molecule has 0 spiro atoms. The van der Waals surface area contributed by atoms with Crippen LogP contribution in [0.3, 0.4) is 0 Å². The van der Waals surface area contributed by atoms with Gasteiger partial charge in [-0.05, 0) is 31.8 Å². The van der Waals surface area contributed by atoms with Gasteiger partial charge in [-0.1, -0.05) is 335 Å². The van der Waals surface area contributed by atoms with Crippen molar-refractivity contribution in [3.8, 4) is 0 Å². The lowest BCUT2D eigenvalue weighted by molar-refractivity contribution is -0.870. The smallest absolute Gasteiger partial charge is 0.306 e. The number of carbonyl (C=O) groups is 2. The maximum Gasteiger partial charge on any atom is 0.306 e. The Morgan fingerprint density at radius 3 is 1.04 bits per heavy atom. The SMILES string of the molecule is CCCCCCCCCCC/C=C\C(OC(=O)CCCCCCCCCCCCCCCCCCCCCCCCCCCCC)C(COP(=O)([O-])OCC[N+](C)(C)C)NC(=O)CCCCCCCCCCCCCCCCC. The lowest BCUT2D eigenvalue weighted by Crippen LogP contribution is -2.47. The maximum absolute atomic E-state index is 13.5. The van der Waals surface area contributed by atoms with Gasteiger partial charge in [-0.3, -0.25) is 14.2 Å². The number of likely N-dealkylation sites (N-methyl/N-ethyl adjacent to an activating group) is 1. The molecule has 0 saturated carbocycles. The molecular formula is C69H137N2O7P. The standard InChI is InChI=1S/C69H137N2O7P/c1-7-10-13-16-19-22-25-27-29-30-31-32-33-34-35-36-37-38-39-40-42-44-47-50-53-56-59-62-69(73)78-67(60-57-54-51-48-45-24-21-18-15-12-9-3)66(65-77-79(74,75)76-64-63-71(4,5)6)70-68(72)61-58-55-52-49-46-43-41-28-26-23-20-17-14-11-8-2/h57,60,66-67H,7-56,58-59,61-65H2,1-6H3,(H-,70,72,74,75)/b60-57-. The molecule has 470 valence electrons. The monoisotopic (exact) mass is 1140 g/mol. The Bertz CT molecular complexity index is 1360. The normalized spacial score (nSPS) is 13.6. The predicted molar refractivity (Wildman–Crippen MR) is 340 cm³/mol. The first-order valence-electron chi connectivity index (χ1n) is 35.0. The molecule has 0 fully saturated rings.